The number of carbonyl (C=O) groups excluding carboxylic acids is 1. The van der Waals surface area contributed by atoms with Crippen molar-refractivity contribution in [3.8, 4) is 0 Å². The second kappa shape index (κ2) is 5.40. The van der Waals surface area contributed by atoms with Gasteiger partial charge in [0.15, 0.2) is 0 Å². The number of thiophene rings is 1. The van der Waals surface area contributed by atoms with Gasteiger partial charge in [-0.05, 0) is 42.2 Å². The van der Waals surface area contributed by atoms with E-state index in [0.717, 1.165) is 36.2 Å². The predicted molar refractivity (Wildman–Crippen MR) is 73.0 cm³/mol. The lowest BCUT2D eigenvalue weighted by Crippen LogP contribution is -2.37. The first-order valence-corrected chi connectivity index (χ1v) is 7.39. The van der Waals surface area contributed by atoms with E-state index in [1.54, 1.807) is 11.3 Å². The Labute approximate surface area is 112 Å². The third-order valence-electron chi connectivity index (χ3n) is 3.38. The van der Waals surface area contributed by atoms with Crippen molar-refractivity contribution in [2.45, 2.75) is 31.6 Å². The summed E-state index contributed by atoms with van der Waals surface area (Å²) in [7, 11) is 1.89. The van der Waals surface area contributed by atoms with Gasteiger partial charge in [0.05, 0.1) is 4.88 Å². The van der Waals surface area contributed by atoms with Crippen LogP contribution in [-0.4, -0.2) is 29.8 Å². The van der Waals surface area contributed by atoms with Crippen molar-refractivity contribution < 1.29 is 4.79 Å². The average Bonchev–Trinajstić information content (AvgIpc) is 2.73. The molecule has 0 atom stereocenters. The van der Waals surface area contributed by atoms with E-state index in [-0.39, 0.29) is 5.91 Å². The third kappa shape index (κ3) is 2.83. The van der Waals surface area contributed by atoms with Crippen LogP contribution in [0.3, 0.4) is 0 Å². The highest BCUT2D eigenvalue weighted by molar-refractivity contribution is 7.12. The highest BCUT2D eigenvalue weighted by Gasteiger charge is 2.29. The number of alkyl halides is 1. The summed E-state index contributed by atoms with van der Waals surface area (Å²) in [4.78, 5) is 15.0. The molecule has 0 saturated heterocycles. The standard InChI is InChI=1S/C13H18ClNOS/c1-3-10-4-5-17-12(10)13(16)15(2)8-9-6-11(14)7-9/h4-5,9,11H,3,6-8H2,1-2H3. The number of hydrogen-bond acceptors (Lipinski definition) is 2. The maximum atomic E-state index is 12.2. The largest absolute Gasteiger partial charge is 0.341 e. The topological polar surface area (TPSA) is 20.3 Å². The number of carbonyl (C=O) groups is 1. The number of hydrogen-bond donors (Lipinski definition) is 0. The molecule has 1 saturated carbocycles. The van der Waals surface area contributed by atoms with Gasteiger partial charge < -0.3 is 4.90 Å². The van der Waals surface area contributed by atoms with Crippen LogP contribution < -0.4 is 0 Å². The van der Waals surface area contributed by atoms with E-state index in [1.165, 1.54) is 0 Å². The molecule has 1 aliphatic rings. The molecule has 0 N–H and O–H groups in total. The van der Waals surface area contributed by atoms with Gasteiger partial charge in [0, 0.05) is 19.0 Å². The first-order chi connectivity index (χ1) is 8.11. The second-order valence-electron chi connectivity index (χ2n) is 4.75. The third-order valence-corrected chi connectivity index (χ3v) is 4.68. The van der Waals surface area contributed by atoms with Crippen LogP contribution in [0.1, 0.15) is 35.0 Å². The van der Waals surface area contributed by atoms with Crippen LogP contribution in [0.25, 0.3) is 0 Å². The van der Waals surface area contributed by atoms with E-state index in [4.69, 9.17) is 11.6 Å². The number of halogens is 1. The molecule has 0 aliphatic heterocycles. The fraction of sp³-hybridized carbons (Fsp3) is 0.615. The van der Waals surface area contributed by atoms with E-state index >= 15 is 0 Å². The fourth-order valence-corrected chi connectivity index (χ4v) is 3.74. The van der Waals surface area contributed by atoms with Crippen LogP contribution in [0, 0.1) is 5.92 Å². The average molecular weight is 272 g/mol. The van der Waals surface area contributed by atoms with Crippen molar-refractivity contribution in [1.82, 2.24) is 4.90 Å². The smallest absolute Gasteiger partial charge is 0.263 e. The first kappa shape index (κ1) is 12.9. The van der Waals surface area contributed by atoms with Crippen LogP contribution >= 0.6 is 22.9 Å². The second-order valence-corrected chi connectivity index (χ2v) is 6.28. The molecule has 1 aromatic heterocycles. The van der Waals surface area contributed by atoms with E-state index < -0.39 is 0 Å². The quantitative estimate of drug-likeness (QED) is 0.769. The molecular weight excluding hydrogens is 254 g/mol. The lowest BCUT2D eigenvalue weighted by molar-refractivity contribution is 0.0751. The summed E-state index contributed by atoms with van der Waals surface area (Å²) in [5, 5.41) is 2.33. The Hall–Kier alpha value is -0.540. The summed E-state index contributed by atoms with van der Waals surface area (Å²) >= 11 is 7.50. The minimum Gasteiger partial charge on any atom is -0.341 e. The fourth-order valence-electron chi connectivity index (χ4n) is 2.25. The van der Waals surface area contributed by atoms with Crippen molar-refractivity contribution in [3.63, 3.8) is 0 Å². The minimum atomic E-state index is 0.162. The SMILES string of the molecule is CCc1ccsc1C(=O)N(C)CC1CC(Cl)C1. The summed E-state index contributed by atoms with van der Waals surface area (Å²) in [5.74, 6) is 0.756. The molecule has 0 spiro atoms. The molecule has 2 rings (SSSR count). The molecule has 2 nitrogen and oxygen atoms in total. The van der Waals surface area contributed by atoms with E-state index in [0.29, 0.717) is 11.3 Å². The maximum absolute atomic E-state index is 12.2. The number of nitrogens with zero attached hydrogens (tertiary/aromatic N) is 1. The van der Waals surface area contributed by atoms with Crippen molar-refractivity contribution in [1.29, 1.82) is 0 Å². The molecule has 1 amide bonds. The van der Waals surface area contributed by atoms with Gasteiger partial charge in [-0.2, -0.15) is 0 Å². The summed E-state index contributed by atoms with van der Waals surface area (Å²) in [5.41, 5.74) is 1.16. The van der Waals surface area contributed by atoms with Gasteiger partial charge in [-0.25, -0.2) is 0 Å². The zero-order chi connectivity index (χ0) is 12.4. The van der Waals surface area contributed by atoms with E-state index in [2.05, 4.69) is 6.92 Å². The number of amides is 1. The van der Waals surface area contributed by atoms with Gasteiger partial charge in [-0.15, -0.1) is 22.9 Å². The van der Waals surface area contributed by atoms with Crippen molar-refractivity contribution in [3.05, 3.63) is 21.9 Å². The van der Waals surface area contributed by atoms with Crippen LogP contribution in [0.2, 0.25) is 0 Å². The molecule has 1 heterocycles. The molecule has 0 bridgehead atoms. The molecule has 0 aromatic carbocycles. The molecule has 17 heavy (non-hydrogen) atoms. The van der Waals surface area contributed by atoms with Gasteiger partial charge in [-0.1, -0.05) is 6.92 Å². The van der Waals surface area contributed by atoms with Gasteiger partial charge in [0.25, 0.3) is 5.91 Å². The Morgan fingerprint density at radius 1 is 1.59 bits per heavy atom. The van der Waals surface area contributed by atoms with Crippen LogP contribution in [0.4, 0.5) is 0 Å². The van der Waals surface area contributed by atoms with Crippen LogP contribution in [-0.2, 0) is 6.42 Å². The molecule has 0 radical (unpaired) electrons. The Kier molecular flexibility index (Phi) is 4.10. The van der Waals surface area contributed by atoms with Crippen molar-refractivity contribution in [2.24, 2.45) is 5.92 Å². The molecule has 1 fully saturated rings. The van der Waals surface area contributed by atoms with Gasteiger partial charge in [0.1, 0.15) is 0 Å². The van der Waals surface area contributed by atoms with Crippen molar-refractivity contribution in [2.75, 3.05) is 13.6 Å². The Morgan fingerprint density at radius 2 is 2.29 bits per heavy atom. The molecule has 1 aliphatic carbocycles. The van der Waals surface area contributed by atoms with Gasteiger partial charge in [0.2, 0.25) is 0 Å². The predicted octanol–water partition coefficient (Wildman–Crippen LogP) is 3.40. The molecule has 0 unspecified atom stereocenters. The Morgan fingerprint density at radius 3 is 2.88 bits per heavy atom. The zero-order valence-electron chi connectivity index (χ0n) is 10.3. The summed E-state index contributed by atoms with van der Waals surface area (Å²) in [6.07, 6.45) is 3.01. The molecule has 94 valence electrons. The summed E-state index contributed by atoms with van der Waals surface area (Å²) in [6.45, 7) is 2.92. The maximum Gasteiger partial charge on any atom is 0.263 e. The van der Waals surface area contributed by atoms with Crippen molar-refractivity contribution >= 4 is 28.8 Å². The summed E-state index contributed by atoms with van der Waals surface area (Å²) < 4.78 is 0. The lowest BCUT2D eigenvalue weighted by atomic mass is 9.84. The first-order valence-electron chi connectivity index (χ1n) is 6.07. The Balaban J connectivity index is 1.95. The van der Waals surface area contributed by atoms with Crippen LogP contribution in [0.15, 0.2) is 11.4 Å². The minimum absolute atomic E-state index is 0.162. The zero-order valence-corrected chi connectivity index (χ0v) is 11.9. The Bertz CT molecular complexity index is 398. The highest BCUT2D eigenvalue weighted by atomic mass is 35.5. The lowest BCUT2D eigenvalue weighted by Gasteiger charge is -2.34. The molecular formula is C13H18ClNOS. The number of rotatable bonds is 4. The monoisotopic (exact) mass is 271 g/mol. The van der Waals surface area contributed by atoms with E-state index in [9.17, 15) is 4.79 Å². The molecule has 1 aromatic rings. The van der Waals surface area contributed by atoms with Crippen LogP contribution in [0.5, 0.6) is 0 Å². The normalized spacial score (nSPS) is 23.2. The van der Waals surface area contributed by atoms with Gasteiger partial charge >= 0.3 is 0 Å². The van der Waals surface area contributed by atoms with Gasteiger partial charge in [-0.3, -0.25) is 4.79 Å². The van der Waals surface area contributed by atoms with E-state index in [1.807, 2.05) is 23.4 Å². The highest BCUT2D eigenvalue weighted by Crippen LogP contribution is 2.32. The number of aryl methyl sites for hydroxylation is 1. The molecule has 4 heteroatoms. The summed E-state index contributed by atoms with van der Waals surface area (Å²) in [6, 6.07) is 2.05.